The molecular weight excluding hydrogens is 400 g/mol. The maximum absolute atomic E-state index is 14.6. The van der Waals surface area contributed by atoms with Crippen LogP contribution in [0.4, 0.5) is 8.78 Å². The SMILES string of the molecule is CN(CC(=O)N1N=C(c2ccccc2F)CC1c1ccccc1F)C(=O)C1CCCC1. The van der Waals surface area contributed by atoms with Gasteiger partial charge in [0.2, 0.25) is 5.91 Å². The number of carbonyl (C=O) groups excluding carboxylic acids is 2. The lowest BCUT2D eigenvalue weighted by Crippen LogP contribution is -2.41. The van der Waals surface area contributed by atoms with E-state index >= 15 is 0 Å². The predicted octanol–water partition coefficient (Wildman–Crippen LogP) is 4.29. The van der Waals surface area contributed by atoms with Crippen LogP contribution in [0, 0.1) is 17.6 Å². The van der Waals surface area contributed by atoms with Crippen LogP contribution in [0.5, 0.6) is 0 Å². The molecule has 31 heavy (non-hydrogen) atoms. The van der Waals surface area contributed by atoms with E-state index in [1.807, 2.05) is 0 Å². The molecule has 162 valence electrons. The Hall–Kier alpha value is -3.09. The van der Waals surface area contributed by atoms with Crippen molar-refractivity contribution in [2.75, 3.05) is 13.6 Å². The molecular formula is C24H25F2N3O2. The molecule has 0 aromatic heterocycles. The van der Waals surface area contributed by atoms with Crippen LogP contribution in [0.1, 0.15) is 49.3 Å². The van der Waals surface area contributed by atoms with Gasteiger partial charge < -0.3 is 4.90 Å². The van der Waals surface area contributed by atoms with Crippen molar-refractivity contribution in [3.8, 4) is 0 Å². The molecule has 1 saturated carbocycles. The van der Waals surface area contributed by atoms with Crippen LogP contribution in [-0.4, -0.2) is 41.0 Å². The fraction of sp³-hybridized carbons (Fsp3) is 0.375. The highest BCUT2D eigenvalue weighted by atomic mass is 19.1. The number of hydrazone groups is 1. The zero-order valence-corrected chi connectivity index (χ0v) is 17.4. The molecule has 2 aromatic rings. The summed E-state index contributed by atoms with van der Waals surface area (Å²) < 4.78 is 28.9. The molecule has 5 nitrogen and oxygen atoms in total. The highest BCUT2D eigenvalue weighted by Gasteiger charge is 2.36. The zero-order chi connectivity index (χ0) is 22.0. The maximum Gasteiger partial charge on any atom is 0.262 e. The van der Waals surface area contributed by atoms with Crippen LogP contribution in [0.3, 0.4) is 0 Å². The van der Waals surface area contributed by atoms with Gasteiger partial charge in [0.25, 0.3) is 5.91 Å². The van der Waals surface area contributed by atoms with E-state index in [9.17, 15) is 18.4 Å². The van der Waals surface area contributed by atoms with Crippen LogP contribution in [0.2, 0.25) is 0 Å². The molecule has 1 aliphatic heterocycles. The maximum atomic E-state index is 14.6. The number of benzene rings is 2. The van der Waals surface area contributed by atoms with E-state index in [1.54, 1.807) is 43.4 Å². The van der Waals surface area contributed by atoms with Gasteiger partial charge in [-0.3, -0.25) is 9.59 Å². The van der Waals surface area contributed by atoms with Crippen LogP contribution in [-0.2, 0) is 9.59 Å². The second kappa shape index (κ2) is 8.96. The summed E-state index contributed by atoms with van der Waals surface area (Å²) in [5.41, 5.74) is 0.981. The fourth-order valence-electron chi connectivity index (χ4n) is 4.42. The summed E-state index contributed by atoms with van der Waals surface area (Å²) in [6.45, 7) is -0.158. The van der Waals surface area contributed by atoms with Gasteiger partial charge in [-0.2, -0.15) is 5.10 Å². The Bertz CT molecular complexity index is 1020. The topological polar surface area (TPSA) is 53.0 Å². The van der Waals surface area contributed by atoms with E-state index in [-0.39, 0.29) is 30.4 Å². The molecule has 7 heteroatoms. The average Bonchev–Trinajstić information content (AvgIpc) is 3.44. The van der Waals surface area contributed by atoms with Crippen molar-refractivity contribution < 1.29 is 18.4 Å². The summed E-state index contributed by atoms with van der Waals surface area (Å²) in [6, 6.07) is 11.7. The second-order valence-corrected chi connectivity index (χ2v) is 8.18. The van der Waals surface area contributed by atoms with Crippen molar-refractivity contribution in [1.82, 2.24) is 9.91 Å². The lowest BCUT2D eigenvalue weighted by atomic mass is 9.97. The minimum Gasteiger partial charge on any atom is -0.336 e. The van der Waals surface area contributed by atoms with Gasteiger partial charge >= 0.3 is 0 Å². The first-order valence-electron chi connectivity index (χ1n) is 10.6. The first-order chi connectivity index (χ1) is 15.0. The van der Waals surface area contributed by atoms with Crippen LogP contribution >= 0.6 is 0 Å². The number of likely N-dealkylation sites (N-methyl/N-ethyl adjacent to an activating group) is 1. The first kappa shape index (κ1) is 21.2. The minimum atomic E-state index is -0.696. The number of carbonyl (C=O) groups is 2. The van der Waals surface area contributed by atoms with Crippen molar-refractivity contribution in [1.29, 1.82) is 0 Å². The van der Waals surface area contributed by atoms with Crippen molar-refractivity contribution in [2.24, 2.45) is 11.0 Å². The standard InChI is InChI=1S/C24H25F2N3O2/c1-28(24(31)16-8-2-3-9-16)15-23(30)29-22(18-11-5-7-13-20(18)26)14-21(27-29)17-10-4-6-12-19(17)25/h4-7,10-13,16,22H,2-3,8-9,14-15H2,1H3. The molecule has 0 spiro atoms. The Balaban J connectivity index is 1.60. The Kier molecular flexibility index (Phi) is 6.11. The van der Waals surface area contributed by atoms with Gasteiger partial charge in [0, 0.05) is 30.5 Å². The van der Waals surface area contributed by atoms with E-state index in [2.05, 4.69) is 5.10 Å². The quantitative estimate of drug-likeness (QED) is 0.718. The average molecular weight is 425 g/mol. The Morgan fingerprint density at radius 1 is 1.03 bits per heavy atom. The summed E-state index contributed by atoms with van der Waals surface area (Å²) in [5, 5.41) is 5.59. The van der Waals surface area contributed by atoms with Crippen LogP contribution in [0.15, 0.2) is 53.6 Å². The molecule has 0 N–H and O–H groups in total. The predicted molar refractivity (Wildman–Crippen MR) is 113 cm³/mol. The van der Waals surface area contributed by atoms with Gasteiger partial charge in [-0.1, -0.05) is 49.2 Å². The number of amides is 2. The third-order valence-electron chi connectivity index (χ3n) is 6.07. The molecule has 1 fully saturated rings. The number of rotatable bonds is 5. The minimum absolute atomic E-state index is 0.0452. The number of halogens is 2. The molecule has 1 atom stereocenters. The smallest absolute Gasteiger partial charge is 0.262 e. The summed E-state index contributed by atoms with van der Waals surface area (Å²) in [6.07, 6.45) is 3.92. The molecule has 2 amide bonds. The lowest BCUT2D eigenvalue weighted by Gasteiger charge is -2.26. The van der Waals surface area contributed by atoms with Crippen molar-refractivity contribution in [2.45, 2.75) is 38.1 Å². The molecule has 1 aliphatic carbocycles. The Morgan fingerprint density at radius 3 is 2.35 bits per heavy atom. The number of nitrogens with zero attached hydrogens (tertiary/aromatic N) is 3. The molecule has 0 radical (unpaired) electrons. The van der Waals surface area contributed by atoms with Crippen molar-refractivity contribution in [3.05, 3.63) is 71.3 Å². The first-order valence-corrected chi connectivity index (χ1v) is 10.6. The van der Waals surface area contributed by atoms with Gasteiger partial charge in [-0.15, -0.1) is 0 Å². The summed E-state index contributed by atoms with van der Waals surface area (Å²) in [5.74, 6) is -1.42. The van der Waals surface area contributed by atoms with Gasteiger partial charge in [0.05, 0.1) is 11.8 Å². The van der Waals surface area contributed by atoms with E-state index < -0.39 is 23.6 Å². The Labute approximate surface area is 180 Å². The van der Waals surface area contributed by atoms with E-state index in [1.165, 1.54) is 22.0 Å². The highest BCUT2D eigenvalue weighted by Crippen LogP contribution is 2.35. The van der Waals surface area contributed by atoms with Crippen molar-refractivity contribution >= 4 is 17.5 Å². The van der Waals surface area contributed by atoms with E-state index in [4.69, 9.17) is 0 Å². The van der Waals surface area contributed by atoms with Gasteiger partial charge in [-0.25, -0.2) is 13.8 Å². The monoisotopic (exact) mass is 425 g/mol. The van der Waals surface area contributed by atoms with Crippen LogP contribution in [0.25, 0.3) is 0 Å². The van der Waals surface area contributed by atoms with Gasteiger partial charge in [-0.05, 0) is 25.0 Å². The molecule has 0 saturated heterocycles. The largest absolute Gasteiger partial charge is 0.336 e. The third-order valence-corrected chi connectivity index (χ3v) is 6.07. The molecule has 0 bridgehead atoms. The normalized spacial score (nSPS) is 18.9. The highest BCUT2D eigenvalue weighted by molar-refractivity contribution is 6.03. The molecule has 1 unspecified atom stereocenters. The summed E-state index contributed by atoms with van der Waals surface area (Å²) >= 11 is 0. The molecule has 4 rings (SSSR count). The zero-order valence-electron chi connectivity index (χ0n) is 17.4. The number of hydrogen-bond acceptors (Lipinski definition) is 3. The molecule has 2 aromatic carbocycles. The van der Waals surface area contributed by atoms with Crippen molar-refractivity contribution in [3.63, 3.8) is 0 Å². The summed E-state index contributed by atoms with van der Waals surface area (Å²) in [7, 11) is 1.61. The van der Waals surface area contributed by atoms with Gasteiger partial charge in [0.15, 0.2) is 0 Å². The lowest BCUT2D eigenvalue weighted by molar-refractivity contribution is -0.142. The molecule has 2 aliphatic rings. The van der Waals surface area contributed by atoms with Gasteiger partial charge in [0.1, 0.15) is 18.2 Å². The fourth-order valence-corrected chi connectivity index (χ4v) is 4.42. The number of hydrogen-bond donors (Lipinski definition) is 0. The third kappa shape index (κ3) is 4.36. The second-order valence-electron chi connectivity index (χ2n) is 8.18. The van der Waals surface area contributed by atoms with E-state index in [0.717, 1.165) is 25.7 Å². The van der Waals surface area contributed by atoms with Crippen LogP contribution < -0.4 is 0 Å². The Morgan fingerprint density at radius 2 is 1.68 bits per heavy atom. The molecule has 1 heterocycles. The summed E-state index contributed by atoms with van der Waals surface area (Å²) in [4.78, 5) is 27.2. The van der Waals surface area contributed by atoms with E-state index in [0.29, 0.717) is 11.3 Å².